The van der Waals surface area contributed by atoms with Crippen LogP contribution in [0.5, 0.6) is 0 Å². The molecule has 0 unspecified atom stereocenters. The normalized spacial score (nSPS) is 9.86. The fourth-order valence-electron chi connectivity index (χ4n) is 1.72. The minimum Gasteiger partial charge on any atom is -0.339 e. The summed E-state index contributed by atoms with van der Waals surface area (Å²) < 4.78 is 19.8. The van der Waals surface area contributed by atoms with Gasteiger partial charge in [0.15, 0.2) is 0 Å². The number of allylic oxidation sites excluding steroid dienone is 1. The zero-order valence-electron chi connectivity index (χ0n) is 12.1. The lowest BCUT2D eigenvalue weighted by atomic mass is 9.98. The molecule has 0 radical (unpaired) electrons. The summed E-state index contributed by atoms with van der Waals surface area (Å²) in [4.78, 5) is 1.22. The standard InChI is InChI=1S/C16H15NS.CH2F2O/c1-12(13-8-10-15(18-2)11-9-13)16(17)14-6-4-3-5-7-14;2-1(3)4/h3-11,17H,1H2,2H3;1,4H. The van der Waals surface area contributed by atoms with Crippen LogP contribution in [0.3, 0.4) is 0 Å². The Bertz CT molecular complexity index is 610. The molecule has 22 heavy (non-hydrogen) atoms. The monoisotopic (exact) mass is 321 g/mol. The van der Waals surface area contributed by atoms with Crippen molar-refractivity contribution in [2.45, 2.75) is 11.5 Å². The fourth-order valence-corrected chi connectivity index (χ4v) is 2.12. The van der Waals surface area contributed by atoms with Gasteiger partial charge in [-0.3, -0.25) is 5.41 Å². The summed E-state index contributed by atoms with van der Waals surface area (Å²) in [6.45, 7) is 0.859. The van der Waals surface area contributed by atoms with Crippen LogP contribution in [0.1, 0.15) is 11.1 Å². The van der Waals surface area contributed by atoms with E-state index < -0.39 is 6.61 Å². The summed E-state index contributed by atoms with van der Waals surface area (Å²) >= 11 is 1.71. The molecule has 2 N–H and O–H groups in total. The smallest absolute Gasteiger partial charge is 0.339 e. The lowest BCUT2D eigenvalue weighted by Crippen LogP contribution is -2.01. The number of alkyl halides is 2. The van der Waals surface area contributed by atoms with Crippen LogP contribution >= 0.6 is 11.8 Å². The number of aliphatic hydroxyl groups excluding tert-OH is 1. The van der Waals surface area contributed by atoms with Crippen molar-refractivity contribution in [3.05, 3.63) is 72.3 Å². The first kappa shape index (κ1) is 18.1. The molecule has 2 aromatic rings. The second kappa shape index (κ2) is 9.12. The third-order valence-corrected chi connectivity index (χ3v) is 3.55. The number of halogens is 2. The second-order valence-electron chi connectivity index (χ2n) is 4.23. The molecule has 2 rings (SSSR count). The van der Waals surface area contributed by atoms with Crippen LogP contribution in [-0.2, 0) is 0 Å². The fraction of sp³-hybridized carbons (Fsp3) is 0.118. The van der Waals surface area contributed by atoms with E-state index in [4.69, 9.17) is 10.5 Å². The number of benzene rings is 2. The van der Waals surface area contributed by atoms with Gasteiger partial charge in [-0.25, -0.2) is 0 Å². The molecule has 0 aliphatic carbocycles. The number of thioether (sulfide) groups is 1. The summed E-state index contributed by atoms with van der Waals surface area (Å²) in [5.41, 5.74) is 3.14. The first-order chi connectivity index (χ1) is 10.5. The molecule has 2 aromatic carbocycles. The van der Waals surface area contributed by atoms with Gasteiger partial charge in [0, 0.05) is 10.5 Å². The van der Waals surface area contributed by atoms with Gasteiger partial charge in [-0.15, -0.1) is 11.8 Å². The van der Waals surface area contributed by atoms with Crippen LogP contribution in [0.25, 0.3) is 5.57 Å². The quantitative estimate of drug-likeness (QED) is 0.634. The van der Waals surface area contributed by atoms with Gasteiger partial charge in [-0.05, 0) is 29.5 Å². The van der Waals surface area contributed by atoms with Gasteiger partial charge in [0.25, 0.3) is 0 Å². The molecule has 0 amide bonds. The summed E-state index contributed by atoms with van der Waals surface area (Å²) in [6.07, 6.45) is 2.05. The lowest BCUT2D eigenvalue weighted by Gasteiger charge is -2.08. The molecule has 0 fully saturated rings. The third kappa shape index (κ3) is 5.79. The Morgan fingerprint density at radius 3 is 2.00 bits per heavy atom. The number of aliphatic hydroxyl groups is 1. The van der Waals surface area contributed by atoms with Crippen LogP contribution in [0.2, 0.25) is 0 Å². The van der Waals surface area contributed by atoms with Crippen LogP contribution in [0.4, 0.5) is 8.78 Å². The Balaban J connectivity index is 0.000000541. The average molecular weight is 321 g/mol. The zero-order chi connectivity index (χ0) is 16.5. The molecule has 0 aliphatic heterocycles. The Morgan fingerprint density at radius 1 is 1.05 bits per heavy atom. The van der Waals surface area contributed by atoms with Gasteiger partial charge in [0.2, 0.25) is 0 Å². The number of hydrogen-bond acceptors (Lipinski definition) is 3. The van der Waals surface area contributed by atoms with Gasteiger partial charge in [0.05, 0.1) is 5.71 Å². The highest BCUT2D eigenvalue weighted by Crippen LogP contribution is 2.21. The Labute approximate surface area is 133 Å². The molecular weight excluding hydrogens is 304 g/mol. The molecule has 2 nitrogen and oxygen atoms in total. The van der Waals surface area contributed by atoms with Crippen molar-refractivity contribution in [2.24, 2.45) is 0 Å². The highest BCUT2D eigenvalue weighted by molar-refractivity contribution is 7.98. The maximum Gasteiger partial charge on any atom is 0.342 e. The van der Waals surface area contributed by atoms with Crippen molar-refractivity contribution >= 4 is 23.0 Å². The summed E-state index contributed by atoms with van der Waals surface area (Å²) in [5.74, 6) is 0. The molecule has 5 heteroatoms. The SMILES string of the molecule is C=C(C(=N)c1ccccc1)c1ccc(SC)cc1.OC(F)F. The van der Waals surface area contributed by atoms with E-state index >= 15 is 0 Å². The Kier molecular flexibility index (Phi) is 7.49. The summed E-state index contributed by atoms with van der Waals surface area (Å²) in [6, 6.07) is 17.9. The molecule has 0 spiro atoms. The van der Waals surface area contributed by atoms with E-state index in [0.29, 0.717) is 5.71 Å². The van der Waals surface area contributed by atoms with Crippen LogP contribution in [-0.4, -0.2) is 23.7 Å². The molecule has 0 saturated heterocycles. The van der Waals surface area contributed by atoms with Crippen molar-refractivity contribution in [2.75, 3.05) is 6.26 Å². The molecule has 0 heterocycles. The van der Waals surface area contributed by atoms with E-state index in [-0.39, 0.29) is 0 Å². The summed E-state index contributed by atoms with van der Waals surface area (Å²) in [5, 5.41) is 14.9. The van der Waals surface area contributed by atoms with Gasteiger partial charge < -0.3 is 5.11 Å². The van der Waals surface area contributed by atoms with Crippen molar-refractivity contribution < 1.29 is 13.9 Å². The molecule has 0 aliphatic rings. The van der Waals surface area contributed by atoms with Crippen LogP contribution < -0.4 is 0 Å². The Hall–Kier alpha value is -1.98. The maximum absolute atomic E-state index is 9.89. The van der Waals surface area contributed by atoms with E-state index in [0.717, 1.165) is 16.7 Å². The van der Waals surface area contributed by atoms with Gasteiger partial charge in [-0.2, -0.15) is 8.78 Å². The van der Waals surface area contributed by atoms with Gasteiger partial charge >= 0.3 is 6.61 Å². The number of rotatable bonds is 4. The lowest BCUT2D eigenvalue weighted by molar-refractivity contribution is -0.0728. The average Bonchev–Trinajstić information content (AvgIpc) is 2.54. The van der Waals surface area contributed by atoms with Crippen molar-refractivity contribution in [3.8, 4) is 0 Å². The molecular formula is C17H17F2NOS. The van der Waals surface area contributed by atoms with Crippen molar-refractivity contribution in [1.29, 1.82) is 5.41 Å². The molecule has 0 saturated carbocycles. The third-order valence-electron chi connectivity index (χ3n) is 2.80. The number of nitrogens with one attached hydrogen (secondary N) is 1. The van der Waals surface area contributed by atoms with Crippen molar-refractivity contribution in [3.63, 3.8) is 0 Å². The van der Waals surface area contributed by atoms with E-state index in [1.807, 2.05) is 42.5 Å². The molecule has 0 bridgehead atoms. The Morgan fingerprint density at radius 2 is 1.55 bits per heavy atom. The second-order valence-corrected chi connectivity index (χ2v) is 5.11. The molecule has 0 atom stereocenters. The predicted octanol–water partition coefficient (Wildman–Crippen LogP) is 4.69. The molecule has 116 valence electrons. The van der Waals surface area contributed by atoms with E-state index in [2.05, 4.69) is 25.0 Å². The number of hydrogen-bond donors (Lipinski definition) is 2. The van der Waals surface area contributed by atoms with Gasteiger partial charge in [0.1, 0.15) is 0 Å². The van der Waals surface area contributed by atoms with E-state index in [1.165, 1.54) is 4.90 Å². The minimum atomic E-state index is -3.17. The van der Waals surface area contributed by atoms with E-state index in [1.54, 1.807) is 11.8 Å². The maximum atomic E-state index is 9.89. The first-order valence-electron chi connectivity index (χ1n) is 6.39. The largest absolute Gasteiger partial charge is 0.342 e. The van der Waals surface area contributed by atoms with Crippen LogP contribution in [0.15, 0.2) is 66.1 Å². The summed E-state index contributed by atoms with van der Waals surface area (Å²) in [7, 11) is 0. The van der Waals surface area contributed by atoms with Gasteiger partial charge in [-0.1, -0.05) is 49.0 Å². The molecule has 0 aromatic heterocycles. The van der Waals surface area contributed by atoms with E-state index in [9.17, 15) is 8.78 Å². The zero-order valence-corrected chi connectivity index (χ0v) is 12.9. The van der Waals surface area contributed by atoms with Crippen molar-refractivity contribution in [1.82, 2.24) is 0 Å². The predicted molar refractivity (Wildman–Crippen MR) is 88.8 cm³/mol. The topological polar surface area (TPSA) is 44.1 Å². The first-order valence-corrected chi connectivity index (χ1v) is 7.62. The minimum absolute atomic E-state index is 0.479. The highest BCUT2D eigenvalue weighted by Gasteiger charge is 2.07. The van der Waals surface area contributed by atoms with Crippen LogP contribution in [0, 0.1) is 5.41 Å². The highest BCUT2D eigenvalue weighted by atomic mass is 32.2.